The van der Waals surface area contributed by atoms with Gasteiger partial charge in [0.25, 0.3) is 0 Å². The van der Waals surface area contributed by atoms with E-state index in [1.807, 2.05) is 4.57 Å². The number of amides is 1. The number of hydrogen-bond acceptors (Lipinski definition) is 8. The molecule has 0 aliphatic heterocycles. The highest BCUT2D eigenvalue weighted by molar-refractivity contribution is 5.88. The molecule has 2 fully saturated rings. The first-order valence-electron chi connectivity index (χ1n) is 9.70. The molecule has 10 nitrogen and oxygen atoms in total. The average Bonchev–Trinajstić information content (AvgIpc) is 3.30. The van der Waals surface area contributed by atoms with E-state index in [1.54, 1.807) is 38.9 Å². The van der Waals surface area contributed by atoms with Crippen molar-refractivity contribution in [1.29, 1.82) is 0 Å². The fourth-order valence-corrected chi connectivity index (χ4v) is 4.59. The molecule has 2 saturated carbocycles. The Morgan fingerprint density at radius 2 is 1.97 bits per heavy atom. The van der Waals surface area contributed by atoms with E-state index in [1.165, 1.54) is 0 Å². The molecule has 3 heterocycles. The Labute approximate surface area is 172 Å². The Balaban J connectivity index is 1.55. The second kappa shape index (κ2) is 6.74. The van der Waals surface area contributed by atoms with Gasteiger partial charge in [-0.05, 0) is 36.7 Å². The van der Waals surface area contributed by atoms with Crippen LogP contribution in [0.25, 0.3) is 11.2 Å². The highest BCUT2D eigenvalue weighted by Gasteiger charge is 2.71. The Bertz CT molecular complexity index is 1200. The van der Waals surface area contributed by atoms with Crippen molar-refractivity contribution in [1.82, 2.24) is 34.8 Å². The van der Waals surface area contributed by atoms with Gasteiger partial charge in [0, 0.05) is 32.5 Å². The van der Waals surface area contributed by atoms with Crippen molar-refractivity contribution in [2.75, 3.05) is 19.4 Å². The molecule has 3 aromatic rings. The van der Waals surface area contributed by atoms with Gasteiger partial charge in [-0.2, -0.15) is 0 Å². The molecule has 2 aliphatic rings. The van der Waals surface area contributed by atoms with Crippen LogP contribution in [0.4, 0.5) is 5.82 Å². The van der Waals surface area contributed by atoms with Crippen molar-refractivity contribution in [2.45, 2.75) is 25.0 Å². The Kier molecular flexibility index (Phi) is 4.15. The van der Waals surface area contributed by atoms with E-state index in [-0.39, 0.29) is 17.9 Å². The monoisotopic (exact) mass is 404 g/mol. The third kappa shape index (κ3) is 2.63. The number of aliphatic hydroxyl groups is 1. The molecule has 152 valence electrons. The molecule has 3 N–H and O–H groups in total. The third-order valence-corrected chi connectivity index (χ3v) is 6.10. The molecule has 0 aromatic carbocycles. The molecule has 2 unspecified atom stereocenters. The zero-order valence-electron chi connectivity index (χ0n) is 16.5. The molecule has 1 amide bonds. The average molecular weight is 404 g/mol. The minimum absolute atomic E-state index is 0.0464. The highest BCUT2D eigenvalue weighted by Crippen LogP contribution is 2.67. The van der Waals surface area contributed by atoms with E-state index in [9.17, 15) is 9.90 Å². The standard InChI is InChI=1S/C20H20N8O2/c1-21-17-16-18(27-15(26-17)5-4-14-23-6-3-7-24-14)28(10-25-16)12-8-13(29)20(9-11(12)20)19(30)22-2/h3,6-7,10-13,29H,8-9H2,1-2H3,(H,22,30)(H,21,26,27)/t11?,12-,13?,20+/m0/s1. The predicted octanol–water partition coefficient (Wildman–Crippen LogP) is 0.116. The molecule has 0 bridgehead atoms. The smallest absolute Gasteiger partial charge is 0.228 e. The summed E-state index contributed by atoms with van der Waals surface area (Å²) < 4.78 is 1.94. The summed E-state index contributed by atoms with van der Waals surface area (Å²) >= 11 is 0. The van der Waals surface area contributed by atoms with E-state index in [0.717, 1.165) is 0 Å². The van der Waals surface area contributed by atoms with Gasteiger partial charge < -0.3 is 20.3 Å². The van der Waals surface area contributed by atoms with Gasteiger partial charge in [-0.25, -0.2) is 24.9 Å². The van der Waals surface area contributed by atoms with E-state index in [2.05, 4.69) is 47.4 Å². The zero-order chi connectivity index (χ0) is 20.9. The number of carbonyl (C=O) groups is 1. The predicted molar refractivity (Wildman–Crippen MR) is 107 cm³/mol. The van der Waals surface area contributed by atoms with Crippen LogP contribution < -0.4 is 10.6 Å². The van der Waals surface area contributed by atoms with Crippen LogP contribution in [0.15, 0.2) is 24.8 Å². The van der Waals surface area contributed by atoms with Crippen LogP contribution in [-0.4, -0.2) is 60.7 Å². The molecule has 10 heteroatoms. The van der Waals surface area contributed by atoms with Gasteiger partial charge in [-0.3, -0.25) is 4.79 Å². The minimum Gasteiger partial charge on any atom is -0.392 e. The summed E-state index contributed by atoms with van der Waals surface area (Å²) in [6.07, 6.45) is 5.38. The number of aliphatic hydroxyl groups excluding tert-OH is 1. The third-order valence-electron chi connectivity index (χ3n) is 6.10. The number of rotatable bonds is 3. The second-order valence-electron chi connectivity index (χ2n) is 7.54. The summed E-state index contributed by atoms with van der Waals surface area (Å²) in [5, 5.41) is 16.4. The summed E-state index contributed by atoms with van der Waals surface area (Å²) in [5.41, 5.74) is 0.526. The fourth-order valence-electron chi connectivity index (χ4n) is 4.59. The first kappa shape index (κ1) is 18.4. The van der Waals surface area contributed by atoms with Crippen molar-refractivity contribution in [3.63, 3.8) is 0 Å². The number of nitrogens with zero attached hydrogens (tertiary/aromatic N) is 6. The van der Waals surface area contributed by atoms with E-state index in [4.69, 9.17) is 0 Å². The van der Waals surface area contributed by atoms with Crippen LogP contribution in [0.2, 0.25) is 0 Å². The molecule has 0 radical (unpaired) electrons. The maximum absolute atomic E-state index is 12.4. The normalized spacial score (nSPS) is 26.6. The van der Waals surface area contributed by atoms with Gasteiger partial charge in [0.2, 0.25) is 17.6 Å². The fraction of sp³-hybridized carbons (Fsp3) is 0.400. The van der Waals surface area contributed by atoms with Crippen LogP contribution in [0.3, 0.4) is 0 Å². The van der Waals surface area contributed by atoms with Crippen molar-refractivity contribution >= 4 is 22.9 Å². The van der Waals surface area contributed by atoms with Crippen molar-refractivity contribution in [2.24, 2.45) is 11.3 Å². The van der Waals surface area contributed by atoms with Gasteiger partial charge in [0.05, 0.1) is 17.8 Å². The lowest BCUT2D eigenvalue weighted by Crippen LogP contribution is -2.36. The molecular formula is C20H20N8O2. The van der Waals surface area contributed by atoms with Crippen LogP contribution in [0.1, 0.15) is 30.5 Å². The Hall–Kier alpha value is -3.58. The quantitative estimate of drug-likeness (QED) is 0.525. The van der Waals surface area contributed by atoms with E-state index < -0.39 is 11.5 Å². The number of hydrogen-bond donors (Lipinski definition) is 3. The molecule has 30 heavy (non-hydrogen) atoms. The first-order valence-corrected chi connectivity index (χ1v) is 9.70. The lowest BCUT2D eigenvalue weighted by Gasteiger charge is -2.17. The summed E-state index contributed by atoms with van der Waals surface area (Å²) in [5.74, 6) is 6.97. The van der Waals surface area contributed by atoms with Crippen molar-refractivity contribution < 1.29 is 9.90 Å². The molecule has 3 aromatic heterocycles. The highest BCUT2D eigenvalue weighted by atomic mass is 16.3. The van der Waals surface area contributed by atoms with Gasteiger partial charge in [0.15, 0.2) is 17.0 Å². The summed E-state index contributed by atoms with van der Waals surface area (Å²) in [4.78, 5) is 34.1. The van der Waals surface area contributed by atoms with Gasteiger partial charge in [-0.1, -0.05) is 0 Å². The van der Waals surface area contributed by atoms with Gasteiger partial charge >= 0.3 is 0 Å². The van der Waals surface area contributed by atoms with Crippen LogP contribution in [-0.2, 0) is 4.79 Å². The van der Waals surface area contributed by atoms with E-state index >= 15 is 0 Å². The lowest BCUT2D eigenvalue weighted by molar-refractivity contribution is -0.129. The van der Waals surface area contributed by atoms with E-state index in [0.29, 0.717) is 41.5 Å². The lowest BCUT2D eigenvalue weighted by atomic mass is 10.00. The second-order valence-corrected chi connectivity index (χ2v) is 7.54. The topological polar surface area (TPSA) is 131 Å². The molecule has 0 spiro atoms. The molecule has 0 saturated heterocycles. The summed E-state index contributed by atoms with van der Waals surface area (Å²) in [6, 6.07) is 1.65. The van der Waals surface area contributed by atoms with Crippen LogP contribution >= 0.6 is 0 Å². The number of nitrogens with one attached hydrogen (secondary N) is 2. The molecule has 2 aliphatic carbocycles. The summed E-state index contributed by atoms with van der Waals surface area (Å²) in [7, 11) is 3.36. The molecular weight excluding hydrogens is 384 g/mol. The van der Waals surface area contributed by atoms with Gasteiger partial charge in [0.1, 0.15) is 0 Å². The number of imidazole rings is 1. The maximum Gasteiger partial charge on any atom is 0.228 e. The minimum atomic E-state index is -0.706. The number of aromatic nitrogens is 6. The first-order chi connectivity index (χ1) is 14.6. The zero-order valence-corrected chi connectivity index (χ0v) is 16.5. The van der Waals surface area contributed by atoms with Crippen molar-refractivity contribution in [3.05, 3.63) is 36.4 Å². The number of fused-ring (bicyclic) bond motifs is 2. The Morgan fingerprint density at radius 3 is 2.67 bits per heavy atom. The van der Waals surface area contributed by atoms with Crippen LogP contribution in [0, 0.1) is 23.2 Å². The SMILES string of the molecule is CNC(=O)[C@]12CC1[C@@H](n1cnc3c(NC)nc(C#Cc4ncccn4)nc31)CC2O. The van der Waals surface area contributed by atoms with Gasteiger partial charge in [-0.15, -0.1) is 0 Å². The molecule has 5 rings (SSSR count). The largest absolute Gasteiger partial charge is 0.392 e. The van der Waals surface area contributed by atoms with Crippen LogP contribution in [0.5, 0.6) is 0 Å². The summed E-state index contributed by atoms with van der Waals surface area (Å²) in [6.45, 7) is 0. The van der Waals surface area contributed by atoms with Crippen molar-refractivity contribution in [3.8, 4) is 11.8 Å². The molecule has 4 atom stereocenters. The maximum atomic E-state index is 12.4. The number of anilines is 1. The Morgan fingerprint density at radius 1 is 1.20 bits per heavy atom. The number of carbonyl (C=O) groups excluding carboxylic acids is 1.